The van der Waals surface area contributed by atoms with Gasteiger partial charge in [0.25, 0.3) is 0 Å². The maximum absolute atomic E-state index is 7.05. The molecule has 0 aliphatic heterocycles. The molecule has 0 spiro atoms. The number of imidazole rings is 4. The van der Waals surface area contributed by atoms with Gasteiger partial charge < -0.3 is 30.6 Å². The summed E-state index contributed by atoms with van der Waals surface area (Å²) in [7, 11) is 0. The molecule has 4 heterocycles. The topological polar surface area (TPSA) is 144 Å². The van der Waals surface area contributed by atoms with Gasteiger partial charge in [0.15, 0.2) is 0 Å². The highest BCUT2D eigenvalue weighted by Gasteiger charge is 2.21. The first kappa shape index (κ1) is 25.8. The Bertz CT molecular complexity index is 2070. The maximum atomic E-state index is 7.05. The molecule has 0 unspecified atom stereocenters. The molecule has 0 fully saturated rings. The van der Waals surface area contributed by atoms with E-state index >= 15 is 0 Å². The number of nitrogens with zero attached hydrogens (tertiary/aromatic N) is 5. The zero-order chi connectivity index (χ0) is 29.5. The van der Waals surface area contributed by atoms with Gasteiger partial charge in [0, 0.05) is 24.2 Å². The quantitative estimate of drug-likeness (QED) is 0.145. The van der Waals surface area contributed by atoms with Gasteiger partial charge in [-0.2, -0.15) is 0 Å². The SMILES string of the molecule is N/C(Cc1nc2ccccc2[nH]1)=C(\Cc1nc2ccccc2[nH]1)N(Cc1nc2ccccc2[nH]1)Cc1nc2ccccc2[nH]1. The number of hydrogen-bond donors (Lipinski definition) is 5. The number of rotatable bonds is 9. The zero-order valence-corrected chi connectivity index (χ0v) is 23.9. The van der Waals surface area contributed by atoms with Gasteiger partial charge >= 0.3 is 0 Å². The number of para-hydroxylation sites is 8. The monoisotopic (exact) mass is 578 g/mol. The van der Waals surface area contributed by atoms with Crippen LogP contribution in [0.25, 0.3) is 44.1 Å². The molecule has 8 aromatic rings. The third kappa shape index (κ3) is 5.02. The number of nitrogens with one attached hydrogen (secondary N) is 4. The fraction of sp³-hybridized carbons (Fsp3) is 0.118. The van der Waals surface area contributed by atoms with Crippen molar-refractivity contribution in [2.75, 3.05) is 0 Å². The van der Waals surface area contributed by atoms with Crippen LogP contribution >= 0.6 is 0 Å². The number of allylic oxidation sites excluding steroid dienone is 2. The van der Waals surface area contributed by atoms with Crippen molar-refractivity contribution in [3.8, 4) is 0 Å². The fourth-order valence-electron chi connectivity index (χ4n) is 5.82. The number of aromatic nitrogens is 8. The zero-order valence-electron chi connectivity index (χ0n) is 23.9. The van der Waals surface area contributed by atoms with Gasteiger partial charge in [-0.3, -0.25) is 0 Å². The van der Waals surface area contributed by atoms with Crippen LogP contribution in [0.1, 0.15) is 23.3 Å². The lowest BCUT2D eigenvalue weighted by atomic mass is 10.1. The van der Waals surface area contributed by atoms with Gasteiger partial charge in [0.05, 0.1) is 57.2 Å². The summed E-state index contributed by atoms with van der Waals surface area (Å²) in [5, 5.41) is 0. The minimum atomic E-state index is 0.445. The molecule has 10 heteroatoms. The van der Waals surface area contributed by atoms with Crippen molar-refractivity contribution < 1.29 is 0 Å². The van der Waals surface area contributed by atoms with Crippen molar-refractivity contribution in [1.29, 1.82) is 0 Å². The minimum absolute atomic E-state index is 0.445. The molecular formula is C34H30N10. The second kappa shape index (κ2) is 10.7. The lowest BCUT2D eigenvalue weighted by Gasteiger charge is -2.27. The van der Waals surface area contributed by atoms with Crippen LogP contribution in [-0.2, 0) is 25.9 Å². The molecule has 0 aliphatic rings. The largest absolute Gasteiger partial charge is 0.400 e. The molecule has 216 valence electrons. The molecule has 0 bridgehead atoms. The van der Waals surface area contributed by atoms with E-state index in [2.05, 4.69) is 24.8 Å². The van der Waals surface area contributed by atoms with E-state index in [4.69, 9.17) is 25.7 Å². The average Bonchev–Trinajstić information content (AvgIpc) is 3.82. The Labute approximate surface area is 252 Å². The molecule has 10 nitrogen and oxygen atoms in total. The summed E-state index contributed by atoms with van der Waals surface area (Å²) in [5.41, 5.74) is 16.3. The number of nitrogens with two attached hydrogens (primary N) is 1. The van der Waals surface area contributed by atoms with Crippen molar-refractivity contribution in [2.45, 2.75) is 25.9 Å². The smallest absolute Gasteiger partial charge is 0.126 e. The number of hydrogen-bond acceptors (Lipinski definition) is 6. The number of fused-ring (bicyclic) bond motifs is 4. The van der Waals surface area contributed by atoms with Crippen molar-refractivity contribution in [3.05, 3.63) is 132 Å². The maximum Gasteiger partial charge on any atom is 0.126 e. The minimum Gasteiger partial charge on any atom is -0.400 e. The van der Waals surface area contributed by atoms with Gasteiger partial charge in [-0.05, 0) is 48.5 Å². The summed E-state index contributed by atoms with van der Waals surface area (Å²) in [4.78, 5) is 35.7. The molecular weight excluding hydrogens is 548 g/mol. The van der Waals surface area contributed by atoms with E-state index in [0.29, 0.717) is 31.6 Å². The van der Waals surface area contributed by atoms with Crippen LogP contribution in [0, 0.1) is 0 Å². The van der Waals surface area contributed by atoms with E-state index in [0.717, 1.165) is 73.1 Å². The Kier molecular flexibility index (Phi) is 6.29. The van der Waals surface area contributed by atoms with Crippen molar-refractivity contribution in [1.82, 2.24) is 44.8 Å². The second-order valence-corrected chi connectivity index (χ2v) is 11.0. The summed E-state index contributed by atoms with van der Waals surface area (Å²) in [6.07, 6.45) is 0.933. The van der Waals surface area contributed by atoms with Gasteiger partial charge in [-0.15, -0.1) is 0 Å². The summed E-state index contributed by atoms with van der Waals surface area (Å²) >= 11 is 0. The van der Waals surface area contributed by atoms with E-state index in [1.807, 2.05) is 97.1 Å². The van der Waals surface area contributed by atoms with E-state index < -0.39 is 0 Å². The standard InChI is InChI=1S/C34H30N10/c35-21(17-31-36-22-9-1-2-10-23(22)37-31)30(18-32-38-24-11-3-4-12-25(24)39-32)44(19-33-40-26-13-5-6-14-27(26)41-33)20-34-42-28-15-7-8-16-29(28)43-34/h1-16H,17-20,35H2,(H,36,37)(H,38,39)(H,40,41)(H,42,43)/b30-21+. The Hall–Kier alpha value is -5.90. The molecule has 0 atom stereocenters. The van der Waals surface area contributed by atoms with E-state index in [1.54, 1.807) is 0 Å². The fourth-order valence-corrected chi connectivity index (χ4v) is 5.82. The molecule has 4 aromatic carbocycles. The number of aromatic amines is 4. The molecule has 8 rings (SSSR count). The highest BCUT2D eigenvalue weighted by molar-refractivity contribution is 5.76. The first-order chi connectivity index (χ1) is 21.6. The van der Waals surface area contributed by atoms with E-state index in [-0.39, 0.29) is 0 Å². The van der Waals surface area contributed by atoms with E-state index in [9.17, 15) is 0 Å². The normalized spacial score (nSPS) is 12.5. The Morgan fingerprint density at radius 2 is 0.818 bits per heavy atom. The molecule has 6 N–H and O–H groups in total. The lowest BCUT2D eigenvalue weighted by Crippen LogP contribution is -2.28. The number of H-pyrrole nitrogens is 4. The Morgan fingerprint density at radius 1 is 0.477 bits per heavy atom. The summed E-state index contributed by atoms with van der Waals surface area (Å²) in [6.45, 7) is 0.976. The Balaban J connectivity index is 1.23. The van der Waals surface area contributed by atoms with Crippen molar-refractivity contribution >= 4 is 44.1 Å². The predicted molar refractivity (Wildman–Crippen MR) is 172 cm³/mol. The highest BCUT2D eigenvalue weighted by atomic mass is 15.2. The molecule has 0 aliphatic carbocycles. The predicted octanol–water partition coefficient (Wildman–Crippen LogP) is 5.85. The average molecular weight is 579 g/mol. The number of benzene rings is 4. The van der Waals surface area contributed by atoms with Crippen LogP contribution in [-0.4, -0.2) is 44.8 Å². The lowest BCUT2D eigenvalue weighted by molar-refractivity contribution is 0.302. The molecule has 44 heavy (non-hydrogen) atoms. The molecule has 0 saturated heterocycles. The van der Waals surface area contributed by atoms with Crippen LogP contribution in [0.4, 0.5) is 0 Å². The highest BCUT2D eigenvalue weighted by Crippen LogP contribution is 2.24. The van der Waals surface area contributed by atoms with Crippen LogP contribution in [0.5, 0.6) is 0 Å². The van der Waals surface area contributed by atoms with Crippen LogP contribution in [0.2, 0.25) is 0 Å². The first-order valence-electron chi connectivity index (χ1n) is 14.6. The summed E-state index contributed by atoms with van der Waals surface area (Å²) in [6, 6.07) is 32.2. The summed E-state index contributed by atoms with van der Waals surface area (Å²) in [5.74, 6) is 3.30. The van der Waals surface area contributed by atoms with Crippen molar-refractivity contribution in [2.24, 2.45) is 5.73 Å². The third-order valence-electron chi connectivity index (χ3n) is 7.88. The third-order valence-corrected chi connectivity index (χ3v) is 7.88. The summed E-state index contributed by atoms with van der Waals surface area (Å²) < 4.78 is 0. The van der Waals surface area contributed by atoms with Crippen LogP contribution in [0.3, 0.4) is 0 Å². The van der Waals surface area contributed by atoms with E-state index in [1.165, 1.54) is 0 Å². The van der Waals surface area contributed by atoms with Crippen molar-refractivity contribution in [3.63, 3.8) is 0 Å². The van der Waals surface area contributed by atoms with Crippen LogP contribution in [0.15, 0.2) is 108 Å². The molecule has 4 aromatic heterocycles. The van der Waals surface area contributed by atoms with Gasteiger partial charge in [0.1, 0.15) is 23.3 Å². The first-order valence-corrected chi connectivity index (χ1v) is 14.6. The van der Waals surface area contributed by atoms with Crippen LogP contribution < -0.4 is 5.73 Å². The molecule has 0 saturated carbocycles. The Morgan fingerprint density at radius 3 is 1.23 bits per heavy atom. The molecule has 0 radical (unpaired) electrons. The van der Waals surface area contributed by atoms with Gasteiger partial charge in [-0.1, -0.05) is 48.5 Å². The van der Waals surface area contributed by atoms with Gasteiger partial charge in [-0.25, -0.2) is 19.9 Å². The molecule has 0 amide bonds. The second-order valence-electron chi connectivity index (χ2n) is 11.0. The van der Waals surface area contributed by atoms with Gasteiger partial charge in [0.2, 0.25) is 0 Å².